The molecule has 2 aromatic carbocycles. The van der Waals surface area contributed by atoms with Crippen molar-refractivity contribution >= 4 is 35.1 Å². The lowest BCUT2D eigenvalue weighted by Gasteiger charge is -2.39. The van der Waals surface area contributed by atoms with E-state index in [4.69, 9.17) is 56.4 Å². The van der Waals surface area contributed by atoms with Crippen LogP contribution in [-0.4, -0.2) is 46.7 Å². The summed E-state index contributed by atoms with van der Waals surface area (Å²) in [6.07, 6.45) is -0.746. The van der Waals surface area contributed by atoms with Crippen LogP contribution in [0.5, 0.6) is 28.7 Å². The number of carbonyl (C=O) groups excluding carboxylic acids is 2. The van der Waals surface area contributed by atoms with Crippen LogP contribution in [0.4, 0.5) is 0 Å². The molecular weight excluding hydrogens is 503 g/mol. The molecule has 5 rings (SSSR count). The number of carbonyl (C=O) groups is 2. The van der Waals surface area contributed by atoms with Crippen molar-refractivity contribution in [3.05, 3.63) is 38.9 Å². The molecule has 3 aliphatic rings. The van der Waals surface area contributed by atoms with Crippen LogP contribution in [0.3, 0.4) is 0 Å². The second-order valence-electron chi connectivity index (χ2n) is 8.30. The molecule has 2 aromatic rings. The van der Waals surface area contributed by atoms with Crippen LogP contribution in [0, 0.1) is 11.8 Å². The molecule has 2 unspecified atom stereocenters. The van der Waals surface area contributed by atoms with Gasteiger partial charge in [-0.05, 0) is 17.7 Å². The quantitative estimate of drug-likeness (QED) is 0.530. The molecule has 11 heteroatoms. The van der Waals surface area contributed by atoms with Crippen molar-refractivity contribution in [3.8, 4) is 28.7 Å². The first-order valence-corrected chi connectivity index (χ1v) is 11.5. The van der Waals surface area contributed by atoms with Gasteiger partial charge in [0.2, 0.25) is 12.5 Å². The molecule has 35 heavy (non-hydrogen) atoms. The Morgan fingerprint density at radius 3 is 2.03 bits per heavy atom. The molecule has 186 valence electrons. The fourth-order valence-electron chi connectivity index (χ4n) is 5.26. The maximum atomic E-state index is 13.1. The number of halogens is 2. The minimum atomic E-state index is -0.759. The fourth-order valence-corrected chi connectivity index (χ4v) is 6.05. The van der Waals surface area contributed by atoms with Gasteiger partial charge in [-0.2, -0.15) is 0 Å². The Labute approximate surface area is 211 Å². The van der Waals surface area contributed by atoms with E-state index >= 15 is 0 Å². The molecule has 9 nitrogen and oxygen atoms in total. The van der Waals surface area contributed by atoms with E-state index in [-0.39, 0.29) is 40.7 Å². The van der Waals surface area contributed by atoms with Gasteiger partial charge < -0.3 is 33.2 Å². The van der Waals surface area contributed by atoms with E-state index < -0.39 is 35.8 Å². The maximum absolute atomic E-state index is 13.1. The van der Waals surface area contributed by atoms with E-state index in [0.717, 1.165) is 0 Å². The number of rotatable bonds is 5. The number of hydrogen-bond donors (Lipinski definition) is 0. The molecule has 1 saturated heterocycles. The van der Waals surface area contributed by atoms with Gasteiger partial charge in [-0.1, -0.05) is 23.2 Å². The van der Waals surface area contributed by atoms with E-state index in [0.29, 0.717) is 28.2 Å². The Kier molecular flexibility index (Phi) is 6.01. The Hall–Kier alpha value is -3.04. The second kappa shape index (κ2) is 8.87. The lowest BCUT2D eigenvalue weighted by Crippen LogP contribution is -2.36. The minimum Gasteiger partial charge on any atom is -0.491 e. The van der Waals surface area contributed by atoms with Crippen molar-refractivity contribution < 1.29 is 42.7 Å². The van der Waals surface area contributed by atoms with Crippen LogP contribution in [0.2, 0.25) is 10.0 Å². The lowest BCUT2D eigenvalue weighted by molar-refractivity contribution is -0.152. The number of benzene rings is 2. The highest BCUT2D eigenvalue weighted by Gasteiger charge is 2.55. The van der Waals surface area contributed by atoms with Gasteiger partial charge in [0.05, 0.1) is 43.9 Å². The molecule has 0 aromatic heterocycles. The van der Waals surface area contributed by atoms with Gasteiger partial charge in [0.1, 0.15) is 6.10 Å². The van der Waals surface area contributed by atoms with E-state index in [9.17, 15) is 9.59 Å². The van der Waals surface area contributed by atoms with E-state index in [1.165, 1.54) is 28.3 Å². The number of cyclic esters (lactones) is 1. The predicted molar refractivity (Wildman–Crippen MR) is 123 cm³/mol. The Bertz CT molecular complexity index is 1200. The Morgan fingerprint density at radius 2 is 1.49 bits per heavy atom. The average molecular weight is 525 g/mol. The van der Waals surface area contributed by atoms with Gasteiger partial charge in [-0.3, -0.25) is 9.59 Å². The summed E-state index contributed by atoms with van der Waals surface area (Å²) < 4.78 is 38.9. The lowest BCUT2D eigenvalue weighted by atomic mass is 9.66. The highest BCUT2D eigenvalue weighted by Crippen LogP contribution is 2.60. The van der Waals surface area contributed by atoms with Crippen molar-refractivity contribution in [1.29, 1.82) is 0 Å². The van der Waals surface area contributed by atoms with Gasteiger partial charge in [0.15, 0.2) is 23.0 Å². The second-order valence-corrected chi connectivity index (χ2v) is 9.06. The number of ether oxygens (including phenoxy) is 7. The van der Waals surface area contributed by atoms with Crippen molar-refractivity contribution in [1.82, 2.24) is 0 Å². The molecule has 0 radical (unpaired) electrons. The van der Waals surface area contributed by atoms with Crippen LogP contribution < -0.4 is 23.7 Å². The SMILES string of the molecule is COc1c(Cl)c([C@@H]2c3cc4c(cc3[C@H](OC(C)=O)C3COC(=O)C32)OCO4)c(Cl)c(OC)c1OC. The molecule has 0 N–H and O–H groups in total. The number of methoxy groups -OCH3 is 3. The number of hydrogen-bond acceptors (Lipinski definition) is 9. The third-order valence-electron chi connectivity index (χ3n) is 6.62. The van der Waals surface area contributed by atoms with E-state index in [1.54, 1.807) is 12.1 Å². The molecule has 2 aliphatic heterocycles. The average Bonchev–Trinajstić information content (AvgIpc) is 3.45. The zero-order valence-electron chi connectivity index (χ0n) is 19.3. The summed E-state index contributed by atoms with van der Waals surface area (Å²) in [4.78, 5) is 25.2. The number of fused-ring (bicyclic) bond motifs is 3. The largest absolute Gasteiger partial charge is 0.491 e. The van der Waals surface area contributed by atoms with Crippen LogP contribution in [0.25, 0.3) is 0 Å². The molecule has 0 saturated carbocycles. The zero-order valence-corrected chi connectivity index (χ0v) is 20.8. The standard InChI is InChI=1S/C24H22Cl2O9/c1-9(27)35-20-11-6-14-13(33-8-34-14)5-10(11)15(16-12(20)7-32-24(16)28)17-18(25)21(29-2)23(31-4)22(30-3)19(17)26/h5-6,12,15-16,20H,7-8H2,1-4H3/t12?,15-,16?,20+/m1/s1. The first kappa shape index (κ1) is 23.7. The molecule has 0 amide bonds. The van der Waals surface area contributed by atoms with Crippen molar-refractivity contribution in [2.75, 3.05) is 34.7 Å². The van der Waals surface area contributed by atoms with Crippen LogP contribution in [-0.2, 0) is 19.1 Å². The molecule has 0 spiro atoms. The maximum Gasteiger partial charge on any atom is 0.310 e. The summed E-state index contributed by atoms with van der Waals surface area (Å²) in [5, 5.41) is 0.321. The Morgan fingerprint density at radius 1 is 0.914 bits per heavy atom. The molecule has 4 atom stereocenters. The van der Waals surface area contributed by atoms with Crippen LogP contribution >= 0.6 is 23.2 Å². The molecule has 2 heterocycles. The van der Waals surface area contributed by atoms with Gasteiger partial charge >= 0.3 is 11.9 Å². The third-order valence-corrected chi connectivity index (χ3v) is 7.37. The highest BCUT2D eigenvalue weighted by molar-refractivity contribution is 6.38. The summed E-state index contributed by atoms with van der Waals surface area (Å²) in [6, 6.07) is 3.52. The zero-order chi connectivity index (χ0) is 25.0. The van der Waals surface area contributed by atoms with E-state index in [2.05, 4.69) is 0 Å². The van der Waals surface area contributed by atoms with Gasteiger partial charge in [0, 0.05) is 29.9 Å². The molecular formula is C24H22Cl2O9. The van der Waals surface area contributed by atoms with Gasteiger partial charge in [0.25, 0.3) is 0 Å². The topological polar surface area (TPSA) is 98.8 Å². The van der Waals surface area contributed by atoms with Crippen molar-refractivity contribution in [2.24, 2.45) is 11.8 Å². The van der Waals surface area contributed by atoms with Crippen LogP contribution in [0.1, 0.15) is 35.6 Å². The predicted octanol–water partition coefficient (Wildman–Crippen LogP) is 4.29. The fraction of sp³-hybridized carbons (Fsp3) is 0.417. The molecule has 1 fully saturated rings. The van der Waals surface area contributed by atoms with Crippen molar-refractivity contribution in [2.45, 2.75) is 18.9 Å². The first-order valence-electron chi connectivity index (χ1n) is 10.8. The summed E-state index contributed by atoms with van der Waals surface area (Å²) in [5.41, 5.74) is 1.69. The smallest absolute Gasteiger partial charge is 0.310 e. The van der Waals surface area contributed by atoms with E-state index in [1.807, 2.05) is 0 Å². The molecule has 1 aliphatic carbocycles. The van der Waals surface area contributed by atoms with Gasteiger partial charge in [-0.25, -0.2) is 0 Å². The van der Waals surface area contributed by atoms with Gasteiger partial charge in [-0.15, -0.1) is 0 Å². The normalized spacial score (nSPS) is 23.8. The summed E-state index contributed by atoms with van der Waals surface area (Å²) in [7, 11) is 4.32. The number of esters is 2. The third kappa shape index (κ3) is 3.51. The van der Waals surface area contributed by atoms with Crippen LogP contribution in [0.15, 0.2) is 12.1 Å². The first-order chi connectivity index (χ1) is 16.8. The summed E-state index contributed by atoms with van der Waals surface area (Å²) in [6.45, 7) is 1.42. The van der Waals surface area contributed by atoms with Crippen molar-refractivity contribution in [3.63, 3.8) is 0 Å². The summed E-state index contributed by atoms with van der Waals surface area (Å²) in [5.74, 6) is -1.26. The highest BCUT2D eigenvalue weighted by atomic mass is 35.5. The molecule has 0 bridgehead atoms. The monoisotopic (exact) mass is 524 g/mol. The Balaban J connectivity index is 1.83. The summed E-state index contributed by atoms with van der Waals surface area (Å²) >= 11 is 13.7. The minimum absolute atomic E-state index is 0.0434.